The fourth-order valence-electron chi connectivity index (χ4n) is 2.51. The van der Waals surface area contributed by atoms with E-state index in [2.05, 4.69) is 4.98 Å². The number of esters is 1. The number of fused-ring (bicyclic) bond motifs is 1. The highest BCUT2D eigenvalue weighted by Gasteiger charge is 2.23. The van der Waals surface area contributed by atoms with E-state index < -0.39 is 0 Å². The summed E-state index contributed by atoms with van der Waals surface area (Å²) in [5.74, 6) is -0.763. The molecule has 1 atom stereocenters. The van der Waals surface area contributed by atoms with Crippen LogP contribution in [0.25, 0.3) is 10.9 Å². The number of H-pyrrole nitrogens is 1. The molecule has 112 valence electrons. The monoisotopic (exact) mass is 288 g/mol. The molecular weight excluding hydrogens is 268 g/mol. The highest BCUT2D eigenvalue weighted by molar-refractivity contribution is 6.08. The number of nitrogens with one attached hydrogen (secondary N) is 1. The number of hydrogen-bond donors (Lipinski definition) is 1. The fraction of sp³-hybridized carbons (Fsp3) is 0.375. The number of hydrogen-bond acceptors (Lipinski definition) is 3. The molecule has 1 heterocycles. The van der Waals surface area contributed by atoms with Crippen molar-refractivity contribution in [2.75, 3.05) is 20.7 Å². The Bertz CT molecular complexity index is 675. The molecule has 2 aromatic rings. The third-order valence-corrected chi connectivity index (χ3v) is 3.61. The Balaban J connectivity index is 2.26. The standard InChI is InChI=1S/C16H20N2O3/c1-10(16(20)21-4)9-18(3)15(19)14-11(2)17-13-8-6-5-7-12(13)14/h5-8,10,17H,9H2,1-4H3. The molecule has 5 heteroatoms. The lowest BCUT2D eigenvalue weighted by Gasteiger charge is -2.20. The normalized spacial score (nSPS) is 12.2. The van der Waals surface area contributed by atoms with E-state index in [1.807, 2.05) is 31.2 Å². The van der Waals surface area contributed by atoms with Gasteiger partial charge in [0.05, 0.1) is 18.6 Å². The van der Waals surface area contributed by atoms with E-state index in [4.69, 9.17) is 4.74 Å². The van der Waals surface area contributed by atoms with Gasteiger partial charge >= 0.3 is 5.97 Å². The molecule has 1 amide bonds. The quantitative estimate of drug-likeness (QED) is 0.878. The first-order chi connectivity index (χ1) is 9.95. The minimum atomic E-state index is -0.352. The van der Waals surface area contributed by atoms with Crippen LogP contribution in [-0.2, 0) is 9.53 Å². The largest absolute Gasteiger partial charge is 0.469 e. The number of methoxy groups -OCH3 is 1. The van der Waals surface area contributed by atoms with Gasteiger partial charge in [0.2, 0.25) is 0 Å². The van der Waals surface area contributed by atoms with Gasteiger partial charge in [-0.05, 0) is 13.0 Å². The maximum absolute atomic E-state index is 12.6. The molecule has 0 saturated heterocycles. The molecule has 21 heavy (non-hydrogen) atoms. The lowest BCUT2D eigenvalue weighted by molar-refractivity contribution is -0.145. The van der Waals surface area contributed by atoms with E-state index in [9.17, 15) is 9.59 Å². The number of aromatic nitrogens is 1. The first kappa shape index (κ1) is 15.1. The van der Waals surface area contributed by atoms with Gasteiger partial charge < -0.3 is 14.6 Å². The Morgan fingerprint density at radius 1 is 1.33 bits per heavy atom. The SMILES string of the molecule is COC(=O)C(C)CN(C)C(=O)c1c(C)[nH]c2ccccc12. The summed E-state index contributed by atoms with van der Waals surface area (Å²) in [6.45, 7) is 3.95. The average Bonchev–Trinajstić information content (AvgIpc) is 2.81. The molecular formula is C16H20N2O3. The smallest absolute Gasteiger partial charge is 0.310 e. The van der Waals surface area contributed by atoms with Crippen LogP contribution < -0.4 is 0 Å². The van der Waals surface area contributed by atoms with E-state index in [0.717, 1.165) is 16.6 Å². The number of carbonyl (C=O) groups is 2. The molecule has 1 aromatic carbocycles. The van der Waals surface area contributed by atoms with Gasteiger partial charge in [-0.3, -0.25) is 9.59 Å². The second-order valence-electron chi connectivity index (χ2n) is 5.28. The lowest BCUT2D eigenvalue weighted by Crippen LogP contribution is -2.34. The summed E-state index contributed by atoms with van der Waals surface area (Å²) in [6.07, 6.45) is 0. The minimum Gasteiger partial charge on any atom is -0.469 e. The van der Waals surface area contributed by atoms with E-state index in [1.54, 1.807) is 18.9 Å². The van der Waals surface area contributed by atoms with Crippen LogP contribution in [0.1, 0.15) is 23.0 Å². The van der Waals surface area contributed by atoms with Gasteiger partial charge in [0.1, 0.15) is 0 Å². The maximum atomic E-state index is 12.6. The molecule has 0 fully saturated rings. The second kappa shape index (κ2) is 5.99. The number of aromatic amines is 1. The van der Waals surface area contributed by atoms with Gasteiger partial charge in [0, 0.05) is 30.2 Å². The van der Waals surface area contributed by atoms with Crippen molar-refractivity contribution in [3.05, 3.63) is 35.5 Å². The Hall–Kier alpha value is -2.30. The van der Waals surface area contributed by atoms with Gasteiger partial charge in [-0.15, -0.1) is 0 Å². The van der Waals surface area contributed by atoms with Gasteiger partial charge in [-0.25, -0.2) is 0 Å². The Kier molecular flexibility index (Phi) is 4.31. The first-order valence-corrected chi connectivity index (χ1v) is 6.86. The number of ether oxygens (including phenoxy) is 1. The zero-order valence-corrected chi connectivity index (χ0v) is 12.8. The van der Waals surface area contributed by atoms with Crippen LogP contribution in [0.15, 0.2) is 24.3 Å². The van der Waals surface area contributed by atoms with Crippen molar-refractivity contribution >= 4 is 22.8 Å². The van der Waals surface area contributed by atoms with Gasteiger partial charge in [0.15, 0.2) is 0 Å². The summed E-state index contributed by atoms with van der Waals surface area (Å²) in [5, 5.41) is 0.901. The van der Waals surface area contributed by atoms with Gasteiger partial charge in [-0.1, -0.05) is 25.1 Å². The van der Waals surface area contributed by atoms with Crippen LogP contribution in [0, 0.1) is 12.8 Å². The summed E-state index contributed by atoms with van der Waals surface area (Å²) < 4.78 is 4.69. The molecule has 0 bridgehead atoms. The molecule has 0 radical (unpaired) electrons. The van der Waals surface area contributed by atoms with E-state index >= 15 is 0 Å². The van der Waals surface area contributed by atoms with Crippen LogP contribution in [0.4, 0.5) is 0 Å². The third-order valence-electron chi connectivity index (χ3n) is 3.61. The molecule has 2 rings (SSSR count). The van der Waals surface area contributed by atoms with Crippen LogP contribution in [0.3, 0.4) is 0 Å². The van der Waals surface area contributed by atoms with Crippen molar-refractivity contribution in [1.29, 1.82) is 0 Å². The maximum Gasteiger partial charge on any atom is 0.310 e. The van der Waals surface area contributed by atoms with Crippen molar-refractivity contribution in [3.8, 4) is 0 Å². The fourth-order valence-corrected chi connectivity index (χ4v) is 2.51. The van der Waals surface area contributed by atoms with Crippen LogP contribution >= 0.6 is 0 Å². The van der Waals surface area contributed by atoms with Crippen molar-refractivity contribution < 1.29 is 14.3 Å². The number of nitrogens with zero attached hydrogens (tertiary/aromatic N) is 1. The summed E-state index contributed by atoms with van der Waals surface area (Å²) in [4.78, 5) is 28.9. The second-order valence-corrected chi connectivity index (χ2v) is 5.28. The summed E-state index contributed by atoms with van der Waals surface area (Å²) in [7, 11) is 3.05. The minimum absolute atomic E-state index is 0.0966. The number of rotatable bonds is 4. The Morgan fingerprint density at radius 3 is 2.67 bits per heavy atom. The molecule has 0 saturated carbocycles. The number of carbonyl (C=O) groups excluding carboxylic acids is 2. The number of amides is 1. The van der Waals surface area contributed by atoms with Crippen molar-refractivity contribution in [3.63, 3.8) is 0 Å². The van der Waals surface area contributed by atoms with Crippen LogP contribution in [0.5, 0.6) is 0 Å². The molecule has 1 N–H and O–H groups in total. The highest BCUT2D eigenvalue weighted by Crippen LogP contribution is 2.23. The topological polar surface area (TPSA) is 62.4 Å². The summed E-state index contributed by atoms with van der Waals surface area (Å²) in [6, 6.07) is 7.69. The average molecular weight is 288 g/mol. The van der Waals surface area contributed by atoms with E-state index in [1.165, 1.54) is 7.11 Å². The molecule has 1 aromatic heterocycles. The summed E-state index contributed by atoms with van der Waals surface area (Å²) in [5.41, 5.74) is 2.43. The molecule has 0 aliphatic rings. The Labute approximate surface area is 123 Å². The molecule has 0 aliphatic carbocycles. The summed E-state index contributed by atoms with van der Waals surface area (Å²) >= 11 is 0. The predicted octanol–water partition coefficient (Wildman–Crippen LogP) is 2.36. The third kappa shape index (κ3) is 2.91. The van der Waals surface area contributed by atoms with E-state index in [0.29, 0.717) is 12.1 Å². The van der Waals surface area contributed by atoms with Gasteiger partial charge in [0.25, 0.3) is 5.91 Å². The molecule has 5 nitrogen and oxygen atoms in total. The van der Waals surface area contributed by atoms with E-state index in [-0.39, 0.29) is 17.8 Å². The lowest BCUT2D eigenvalue weighted by atomic mass is 10.1. The van der Waals surface area contributed by atoms with Crippen molar-refractivity contribution in [2.45, 2.75) is 13.8 Å². The molecule has 0 spiro atoms. The van der Waals surface area contributed by atoms with Gasteiger partial charge in [-0.2, -0.15) is 0 Å². The van der Waals surface area contributed by atoms with Crippen LogP contribution in [-0.4, -0.2) is 42.5 Å². The molecule has 1 unspecified atom stereocenters. The highest BCUT2D eigenvalue weighted by atomic mass is 16.5. The first-order valence-electron chi connectivity index (χ1n) is 6.86. The van der Waals surface area contributed by atoms with Crippen molar-refractivity contribution in [1.82, 2.24) is 9.88 Å². The number of benzene rings is 1. The zero-order chi connectivity index (χ0) is 15.6. The zero-order valence-electron chi connectivity index (χ0n) is 12.8. The molecule has 0 aliphatic heterocycles. The van der Waals surface area contributed by atoms with Crippen LogP contribution in [0.2, 0.25) is 0 Å². The van der Waals surface area contributed by atoms with Crippen molar-refractivity contribution in [2.24, 2.45) is 5.92 Å². The Morgan fingerprint density at radius 2 is 2.00 bits per heavy atom. The number of aryl methyl sites for hydroxylation is 1. The predicted molar refractivity (Wildman–Crippen MR) is 81.2 cm³/mol. The number of para-hydroxylation sites is 1.